The predicted molar refractivity (Wildman–Crippen MR) is 53.0 cm³/mol. The van der Waals surface area contributed by atoms with Crippen LogP contribution in [-0.4, -0.2) is 18.8 Å². The number of aliphatic hydroxyl groups excluding tert-OH is 1. The molecular weight excluding hydrogens is 202 g/mol. The molecule has 0 unspecified atom stereocenters. The first-order valence-electron chi connectivity index (χ1n) is 4.57. The lowest BCUT2D eigenvalue weighted by Crippen LogP contribution is -2.23. The lowest BCUT2D eigenvalue weighted by molar-refractivity contribution is 0.213. The van der Waals surface area contributed by atoms with E-state index in [1.807, 2.05) is 0 Å². The highest BCUT2D eigenvalue weighted by Gasteiger charge is 2.26. The largest absolute Gasteiger partial charge is 0.493 e. The van der Waals surface area contributed by atoms with E-state index < -0.39 is 17.0 Å². The summed E-state index contributed by atoms with van der Waals surface area (Å²) in [4.78, 5) is 0. The van der Waals surface area contributed by atoms with Crippen LogP contribution < -0.4 is 4.74 Å². The van der Waals surface area contributed by atoms with Gasteiger partial charge in [-0.1, -0.05) is 19.9 Å². The van der Waals surface area contributed by atoms with Gasteiger partial charge in [0, 0.05) is 11.0 Å². The Morgan fingerprint density at radius 1 is 1.33 bits per heavy atom. The minimum atomic E-state index is -1.02. The van der Waals surface area contributed by atoms with Crippen LogP contribution >= 0.6 is 0 Å². The summed E-state index contributed by atoms with van der Waals surface area (Å²) in [5.41, 5.74) is -0.216. The summed E-state index contributed by atoms with van der Waals surface area (Å²) in [6.45, 7) is 3.28. The van der Waals surface area contributed by atoms with Crippen LogP contribution in [0.3, 0.4) is 0 Å². The molecule has 0 bridgehead atoms. The molecule has 0 atom stereocenters. The average Bonchev–Trinajstić information content (AvgIpc) is 2.21. The molecule has 0 aliphatic carbocycles. The minimum absolute atomic E-state index is 0.144. The number of rotatable bonds is 3. The Labute approximate surface area is 87.5 Å². The molecule has 15 heavy (non-hydrogen) atoms. The van der Waals surface area contributed by atoms with E-state index >= 15 is 0 Å². The van der Waals surface area contributed by atoms with E-state index in [1.54, 1.807) is 13.8 Å². The minimum Gasteiger partial charge on any atom is -0.493 e. The van der Waals surface area contributed by atoms with Gasteiger partial charge in [0.15, 0.2) is 11.6 Å². The molecule has 0 saturated heterocycles. The van der Waals surface area contributed by atoms with Crippen molar-refractivity contribution < 1.29 is 18.6 Å². The van der Waals surface area contributed by atoms with Crippen molar-refractivity contribution in [3.63, 3.8) is 0 Å². The van der Waals surface area contributed by atoms with E-state index in [0.29, 0.717) is 5.56 Å². The lowest BCUT2D eigenvalue weighted by Gasteiger charge is -2.24. The van der Waals surface area contributed by atoms with Crippen LogP contribution in [-0.2, 0) is 5.41 Å². The second-order valence-corrected chi connectivity index (χ2v) is 3.98. The highest BCUT2D eigenvalue weighted by Crippen LogP contribution is 2.34. The number of benzene rings is 1. The standard InChI is InChI=1S/C11H14F2O2/c1-11(2,6-14)7-4-5-8(12)9(13)10(7)15-3/h4-5,14H,6H2,1-3H3. The fourth-order valence-corrected chi connectivity index (χ4v) is 1.35. The van der Waals surface area contributed by atoms with Crippen LogP contribution in [0.1, 0.15) is 19.4 Å². The zero-order valence-corrected chi connectivity index (χ0v) is 8.97. The maximum Gasteiger partial charge on any atom is 0.200 e. The normalized spacial score (nSPS) is 11.6. The Balaban J connectivity index is 3.37. The Kier molecular flexibility index (Phi) is 3.29. The van der Waals surface area contributed by atoms with Crippen LogP contribution in [0.5, 0.6) is 5.75 Å². The molecule has 0 aliphatic heterocycles. The summed E-state index contributed by atoms with van der Waals surface area (Å²) in [6.07, 6.45) is 0. The molecule has 1 aromatic rings. The summed E-state index contributed by atoms with van der Waals surface area (Å²) in [7, 11) is 1.27. The van der Waals surface area contributed by atoms with Crippen molar-refractivity contribution in [2.45, 2.75) is 19.3 Å². The molecule has 0 aromatic heterocycles. The highest BCUT2D eigenvalue weighted by molar-refractivity contribution is 5.40. The maximum absolute atomic E-state index is 13.3. The van der Waals surface area contributed by atoms with Crippen molar-refractivity contribution in [3.05, 3.63) is 29.3 Å². The number of hydrogen-bond acceptors (Lipinski definition) is 2. The fraction of sp³-hybridized carbons (Fsp3) is 0.455. The molecule has 4 heteroatoms. The molecule has 1 N–H and O–H groups in total. The zero-order chi connectivity index (χ0) is 11.6. The molecule has 1 rings (SSSR count). The quantitative estimate of drug-likeness (QED) is 0.839. The van der Waals surface area contributed by atoms with E-state index in [4.69, 9.17) is 9.84 Å². The first-order chi connectivity index (χ1) is 6.94. The summed E-state index contributed by atoms with van der Waals surface area (Å²) in [5.74, 6) is -2.12. The van der Waals surface area contributed by atoms with Gasteiger partial charge in [-0.05, 0) is 6.07 Å². The van der Waals surface area contributed by atoms with Gasteiger partial charge in [-0.2, -0.15) is 4.39 Å². The topological polar surface area (TPSA) is 29.5 Å². The van der Waals surface area contributed by atoms with Crippen LogP contribution in [0, 0.1) is 11.6 Å². The van der Waals surface area contributed by atoms with E-state index in [0.717, 1.165) is 6.07 Å². The molecule has 0 aliphatic rings. The molecule has 0 spiro atoms. The van der Waals surface area contributed by atoms with Crippen molar-refractivity contribution in [2.24, 2.45) is 0 Å². The smallest absolute Gasteiger partial charge is 0.200 e. The third kappa shape index (κ3) is 2.09. The predicted octanol–water partition coefficient (Wildman–Crippen LogP) is 2.24. The van der Waals surface area contributed by atoms with Crippen LogP contribution in [0.15, 0.2) is 12.1 Å². The van der Waals surface area contributed by atoms with Crippen LogP contribution in [0.4, 0.5) is 8.78 Å². The SMILES string of the molecule is COc1c(C(C)(C)CO)ccc(F)c1F. The number of halogens is 2. The van der Waals surface area contributed by atoms with E-state index in [-0.39, 0.29) is 12.4 Å². The number of methoxy groups -OCH3 is 1. The molecule has 1 aromatic carbocycles. The second kappa shape index (κ2) is 4.14. The Morgan fingerprint density at radius 2 is 1.93 bits per heavy atom. The summed E-state index contributed by atoms with van der Waals surface area (Å²) < 4.78 is 31.1. The third-order valence-electron chi connectivity index (χ3n) is 2.38. The Morgan fingerprint density at radius 3 is 2.40 bits per heavy atom. The van der Waals surface area contributed by atoms with Gasteiger partial charge in [0.2, 0.25) is 5.82 Å². The van der Waals surface area contributed by atoms with Crippen molar-refractivity contribution in [1.82, 2.24) is 0 Å². The summed E-state index contributed by atoms with van der Waals surface area (Å²) >= 11 is 0. The van der Waals surface area contributed by atoms with Gasteiger partial charge >= 0.3 is 0 Å². The number of ether oxygens (including phenoxy) is 1. The van der Waals surface area contributed by atoms with Gasteiger partial charge in [0.05, 0.1) is 13.7 Å². The van der Waals surface area contributed by atoms with Gasteiger partial charge in [0.1, 0.15) is 0 Å². The van der Waals surface area contributed by atoms with Crippen molar-refractivity contribution in [3.8, 4) is 5.75 Å². The van der Waals surface area contributed by atoms with Crippen LogP contribution in [0.2, 0.25) is 0 Å². The molecule has 0 radical (unpaired) electrons. The second-order valence-electron chi connectivity index (χ2n) is 3.98. The third-order valence-corrected chi connectivity index (χ3v) is 2.38. The lowest BCUT2D eigenvalue weighted by atomic mass is 9.85. The Bertz CT molecular complexity index is 362. The van der Waals surface area contributed by atoms with Crippen molar-refractivity contribution in [2.75, 3.05) is 13.7 Å². The molecule has 0 heterocycles. The van der Waals surface area contributed by atoms with E-state index in [1.165, 1.54) is 13.2 Å². The average molecular weight is 216 g/mol. The first-order valence-corrected chi connectivity index (χ1v) is 4.57. The Hall–Kier alpha value is -1.16. The highest BCUT2D eigenvalue weighted by atomic mass is 19.2. The monoisotopic (exact) mass is 216 g/mol. The van der Waals surface area contributed by atoms with Gasteiger partial charge < -0.3 is 9.84 Å². The molecule has 0 fully saturated rings. The fourth-order valence-electron chi connectivity index (χ4n) is 1.35. The van der Waals surface area contributed by atoms with Gasteiger partial charge in [-0.15, -0.1) is 0 Å². The number of hydrogen-bond donors (Lipinski definition) is 1. The first kappa shape index (κ1) is 11.9. The molecule has 84 valence electrons. The van der Waals surface area contributed by atoms with Gasteiger partial charge in [-0.25, -0.2) is 4.39 Å². The summed E-state index contributed by atoms with van der Waals surface area (Å²) in [5, 5.41) is 9.16. The molecular formula is C11H14F2O2. The van der Waals surface area contributed by atoms with E-state index in [2.05, 4.69) is 0 Å². The van der Waals surface area contributed by atoms with Gasteiger partial charge in [-0.3, -0.25) is 0 Å². The molecule has 2 nitrogen and oxygen atoms in total. The summed E-state index contributed by atoms with van der Waals surface area (Å²) in [6, 6.07) is 2.46. The zero-order valence-electron chi connectivity index (χ0n) is 8.97. The maximum atomic E-state index is 13.3. The van der Waals surface area contributed by atoms with Crippen LogP contribution in [0.25, 0.3) is 0 Å². The molecule has 0 amide bonds. The van der Waals surface area contributed by atoms with Gasteiger partial charge in [0.25, 0.3) is 0 Å². The van der Waals surface area contributed by atoms with Crippen molar-refractivity contribution >= 4 is 0 Å². The van der Waals surface area contributed by atoms with Crippen molar-refractivity contribution in [1.29, 1.82) is 0 Å². The number of aliphatic hydroxyl groups is 1. The van der Waals surface area contributed by atoms with E-state index in [9.17, 15) is 8.78 Å². The molecule has 0 saturated carbocycles.